The number of unbranched alkanes of at least 4 members (excludes halogenated alkanes) is 34. The van der Waals surface area contributed by atoms with Gasteiger partial charge in [0.1, 0.15) is 19.3 Å². The molecule has 0 heterocycles. The number of phosphoric acid groups is 2. The predicted octanol–water partition coefficient (Wildman–Crippen LogP) is 16.0. The van der Waals surface area contributed by atoms with Crippen LogP contribution in [-0.2, 0) is 65.4 Å². The third-order valence-corrected chi connectivity index (χ3v) is 15.5. The molecule has 0 amide bonds. The van der Waals surface area contributed by atoms with E-state index in [-0.39, 0.29) is 25.7 Å². The van der Waals surface area contributed by atoms with E-state index in [0.29, 0.717) is 25.7 Å². The second-order valence-corrected chi connectivity index (χ2v) is 24.3. The number of hydrogen-bond donors (Lipinski definition) is 3. The van der Waals surface area contributed by atoms with Crippen LogP contribution in [0.5, 0.6) is 0 Å². The summed E-state index contributed by atoms with van der Waals surface area (Å²) in [4.78, 5) is 71.7. The lowest BCUT2D eigenvalue weighted by molar-refractivity contribution is -0.161. The van der Waals surface area contributed by atoms with Gasteiger partial charge in [0, 0.05) is 25.7 Å². The molecule has 462 valence electrons. The Labute approximate surface area is 473 Å². The summed E-state index contributed by atoms with van der Waals surface area (Å²) in [5.41, 5.74) is 0. The van der Waals surface area contributed by atoms with Crippen LogP contribution in [-0.4, -0.2) is 96.7 Å². The fourth-order valence-electron chi connectivity index (χ4n) is 8.75. The monoisotopic (exact) mass is 1160 g/mol. The Morgan fingerprint density at radius 1 is 0.308 bits per heavy atom. The normalized spacial score (nSPS) is 14.3. The van der Waals surface area contributed by atoms with Crippen LogP contribution in [0.4, 0.5) is 0 Å². The molecule has 0 aromatic rings. The molecule has 3 N–H and O–H groups in total. The standard InChI is InChI=1S/C59H114O17P2/c1-5-9-13-17-20-23-25-27-29-31-34-38-42-46-59(64)76-55(50-70-57(62)44-40-36-33-30-28-26-24-21-18-14-10-6-2)52-74-78(67,68)72-48-53(60)47-71-77(65,66)73-51-54(49-69-56(61)43-39-35-16-12-8-4)75-58(63)45-41-37-32-22-19-15-11-7-3/h53-55,60H,5-52H2,1-4H3,(H,65,66)(H,67,68)/t53-,54+,55+/m0/s1. The van der Waals surface area contributed by atoms with E-state index in [9.17, 15) is 43.2 Å². The Bertz CT molecular complexity index is 1520. The molecule has 0 aromatic heterocycles. The maximum absolute atomic E-state index is 12.9. The predicted molar refractivity (Wildman–Crippen MR) is 308 cm³/mol. The fraction of sp³-hybridized carbons (Fsp3) is 0.932. The largest absolute Gasteiger partial charge is 0.472 e. The molecule has 0 radical (unpaired) electrons. The van der Waals surface area contributed by atoms with E-state index in [1.165, 1.54) is 116 Å². The highest BCUT2D eigenvalue weighted by Crippen LogP contribution is 2.45. The van der Waals surface area contributed by atoms with E-state index in [1.54, 1.807) is 0 Å². The summed E-state index contributed by atoms with van der Waals surface area (Å²) in [6, 6.07) is 0. The van der Waals surface area contributed by atoms with Gasteiger partial charge in [-0.05, 0) is 25.7 Å². The molecule has 0 aromatic carbocycles. The van der Waals surface area contributed by atoms with Crippen LogP contribution in [0.1, 0.15) is 297 Å². The molecule has 0 saturated heterocycles. The maximum atomic E-state index is 12.9. The van der Waals surface area contributed by atoms with Crippen molar-refractivity contribution in [1.29, 1.82) is 0 Å². The first-order valence-electron chi connectivity index (χ1n) is 31.3. The Kier molecular flexibility index (Phi) is 53.0. The molecule has 19 heteroatoms. The number of aliphatic hydroxyl groups excluding tert-OH is 1. The molecule has 5 atom stereocenters. The molecule has 0 fully saturated rings. The first-order chi connectivity index (χ1) is 37.7. The number of carbonyl (C=O) groups is 4. The van der Waals surface area contributed by atoms with Gasteiger partial charge in [-0.25, -0.2) is 9.13 Å². The zero-order valence-corrected chi connectivity index (χ0v) is 51.4. The summed E-state index contributed by atoms with van der Waals surface area (Å²) in [6.07, 6.45) is 37.9. The number of hydrogen-bond acceptors (Lipinski definition) is 15. The van der Waals surface area contributed by atoms with Crippen LogP contribution in [0.3, 0.4) is 0 Å². The minimum atomic E-state index is -4.94. The Hall–Kier alpha value is -1.94. The van der Waals surface area contributed by atoms with Gasteiger partial charge in [0.05, 0.1) is 26.4 Å². The third kappa shape index (κ3) is 53.4. The molecule has 0 aliphatic heterocycles. The van der Waals surface area contributed by atoms with E-state index in [0.717, 1.165) is 103 Å². The van der Waals surface area contributed by atoms with E-state index in [2.05, 4.69) is 27.7 Å². The minimum Gasteiger partial charge on any atom is -0.462 e. The van der Waals surface area contributed by atoms with E-state index < -0.39 is 97.5 Å². The van der Waals surface area contributed by atoms with Gasteiger partial charge in [-0.15, -0.1) is 0 Å². The van der Waals surface area contributed by atoms with Crippen molar-refractivity contribution in [1.82, 2.24) is 0 Å². The number of ether oxygens (including phenoxy) is 4. The molecule has 2 unspecified atom stereocenters. The summed E-state index contributed by atoms with van der Waals surface area (Å²) in [7, 11) is -9.86. The summed E-state index contributed by atoms with van der Waals surface area (Å²) in [5, 5.41) is 10.5. The third-order valence-electron chi connectivity index (χ3n) is 13.6. The van der Waals surface area contributed by atoms with Gasteiger partial charge in [-0.3, -0.25) is 37.3 Å². The van der Waals surface area contributed by atoms with Gasteiger partial charge in [0.2, 0.25) is 0 Å². The maximum Gasteiger partial charge on any atom is 0.472 e. The van der Waals surface area contributed by atoms with Crippen molar-refractivity contribution in [3.05, 3.63) is 0 Å². The fourth-order valence-corrected chi connectivity index (χ4v) is 10.3. The van der Waals surface area contributed by atoms with Crippen molar-refractivity contribution >= 4 is 39.5 Å². The van der Waals surface area contributed by atoms with Crippen molar-refractivity contribution in [2.45, 2.75) is 316 Å². The quantitative estimate of drug-likeness (QED) is 0.0222. The molecule has 17 nitrogen and oxygen atoms in total. The Morgan fingerprint density at radius 2 is 0.513 bits per heavy atom. The molecule has 0 saturated carbocycles. The number of rotatable bonds is 60. The van der Waals surface area contributed by atoms with Crippen molar-refractivity contribution < 1.29 is 80.2 Å². The van der Waals surface area contributed by atoms with Crippen molar-refractivity contribution in [3.63, 3.8) is 0 Å². The zero-order valence-electron chi connectivity index (χ0n) is 49.6. The minimum absolute atomic E-state index is 0.104. The number of aliphatic hydroxyl groups is 1. The lowest BCUT2D eigenvalue weighted by atomic mass is 10.0. The van der Waals surface area contributed by atoms with Crippen LogP contribution in [0.2, 0.25) is 0 Å². The second kappa shape index (κ2) is 54.3. The first-order valence-corrected chi connectivity index (χ1v) is 34.3. The molecule has 0 aliphatic rings. The Morgan fingerprint density at radius 3 is 0.756 bits per heavy atom. The average molecular weight is 1160 g/mol. The van der Waals surface area contributed by atoms with Gasteiger partial charge in [-0.2, -0.15) is 0 Å². The molecular formula is C59H114O17P2. The van der Waals surface area contributed by atoms with Crippen LogP contribution < -0.4 is 0 Å². The van der Waals surface area contributed by atoms with Gasteiger partial charge in [-0.1, -0.05) is 246 Å². The summed E-state index contributed by atoms with van der Waals surface area (Å²) >= 11 is 0. The summed E-state index contributed by atoms with van der Waals surface area (Å²) < 4.78 is 67.5. The molecule has 0 bridgehead atoms. The smallest absolute Gasteiger partial charge is 0.462 e. The lowest BCUT2D eigenvalue weighted by Gasteiger charge is -2.21. The average Bonchev–Trinajstić information content (AvgIpc) is 3.41. The molecule has 78 heavy (non-hydrogen) atoms. The van der Waals surface area contributed by atoms with Crippen molar-refractivity contribution in [2.24, 2.45) is 0 Å². The zero-order chi connectivity index (χ0) is 57.6. The summed E-state index contributed by atoms with van der Waals surface area (Å²) in [5.74, 6) is -2.15. The number of phosphoric ester groups is 2. The SMILES string of the molecule is CCCCCCCCCCCCCCCC(=O)O[C@H](COC(=O)CCCCCCCCCCCCCC)COP(=O)(O)OC[C@@H](O)COP(=O)(O)OC[C@@H](COC(=O)CCCCCCC)OC(=O)CCCCCCCCCC. The highest BCUT2D eigenvalue weighted by atomic mass is 31.2. The highest BCUT2D eigenvalue weighted by Gasteiger charge is 2.30. The number of carbonyl (C=O) groups excluding carboxylic acids is 4. The van der Waals surface area contributed by atoms with Gasteiger partial charge in [0.25, 0.3) is 0 Å². The van der Waals surface area contributed by atoms with Gasteiger partial charge >= 0.3 is 39.5 Å². The Balaban J connectivity index is 5.17. The highest BCUT2D eigenvalue weighted by molar-refractivity contribution is 7.47. The van der Waals surface area contributed by atoms with E-state index in [4.69, 9.17) is 37.0 Å². The topological polar surface area (TPSA) is 237 Å². The molecule has 0 spiro atoms. The summed E-state index contributed by atoms with van der Waals surface area (Å²) in [6.45, 7) is 4.75. The van der Waals surface area contributed by atoms with Crippen LogP contribution in [0.25, 0.3) is 0 Å². The van der Waals surface area contributed by atoms with Crippen LogP contribution >= 0.6 is 15.6 Å². The van der Waals surface area contributed by atoms with E-state index in [1.807, 2.05) is 0 Å². The molecule has 0 aliphatic carbocycles. The van der Waals surface area contributed by atoms with Crippen molar-refractivity contribution in [3.8, 4) is 0 Å². The van der Waals surface area contributed by atoms with Crippen molar-refractivity contribution in [2.75, 3.05) is 39.6 Å². The lowest BCUT2D eigenvalue weighted by Crippen LogP contribution is -2.30. The number of esters is 4. The molecular weight excluding hydrogens is 1040 g/mol. The molecule has 0 rings (SSSR count). The van der Waals surface area contributed by atoms with Gasteiger partial charge in [0.15, 0.2) is 12.2 Å². The van der Waals surface area contributed by atoms with Crippen LogP contribution in [0.15, 0.2) is 0 Å². The first kappa shape index (κ1) is 76.1. The van der Waals surface area contributed by atoms with Crippen LogP contribution in [0, 0.1) is 0 Å². The second-order valence-electron chi connectivity index (χ2n) is 21.4. The van der Waals surface area contributed by atoms with E-state index >= 15 is 0 Å². The van der Waals surface area contributed by atoms with Gasteiger partial charge < -0.3 is 33.8 Å².